The van der Waals surface area contributed by atoms with Gasteiger partial charge in [-0.1, -0.05) is 0 Å². The van der Waals surface area contributed by atoms with Gasteiger partial charge in [0.1, 0.15) is 5.75 Å². The number of ether oxygens (including phenoxy) is 1. The van der Waals surface area contributed by atoms with Crippen LogP contribution in [-0.2, 0) is 19.3 Å². The van der Waals surface area contributed by atoms with Gasteiger partial charge in [-0.05, 0) is 83.8 Å². The molecule has 1 aliphatic rings. The van der Waals surface area contributed by atoms with E-state index < -0.39 is 0 Å². The first kappa shape index (κ1) is 12.9. The maximum absolute atomic E-state index is 5.63. The monoisotopic (exact) mass is 297 g/mol. The second-order valence-corrected chi connectivity index (χ2v) is 5.46. The normalized spacial score (nSPS) is 14.5. The molecule has 94 valence electrons. The second-order valence-electron chi connectivity index (χ2n) is 4.61. The fourth-order valence-corrected chi connectivity index (χ4v) is 3.37. The lowest BCUT2D eigenvalue weighted by Gasteiger charge is -2.23. The third-order valence-corrected chi connectivity index (χ3v) is 4.09. The zero-order chi connectivity index (χ0) is 12.3. The number of hydrogen-bond acceptors (Lipinski definition) is 2. The fourth-order valence-electron chi connectivity index (χ4n) is 2.70. The van der Waals surface area contributed by atoms with Crippen LogP contribution in [0.25, 0.3) is 0 Å². The summed E-state index contributed by atoms with van der Waals surface area (Å²) in [6, 6.07) is 2.24. The van der Waals surface area contributed by atoms with E-state index in [1.807, 2.05) is 0 Å². The molecule has 1 aromatic carbocycles. The van der Waals surface area contributed by atoms with Crippen molar-refractivity contribution in [3.05, 3.63) is 27.2 Å². The number of halogens is 1. The average molecular weight is 298 g/mol. The van der Waals surface area contributed by atoms with Gasteiger partial charge in [0.25, 0.3) is 0 Å². The van der Waals surface area contributed by atoms with Crippen LogP contribution in [0.3, 0.4) is 0 Å². The molecule has 0 bridgehead atoms. The largest absolute Gasteiger partial charge is 0.495 e. The number of hydrogen-bond donors (Lipinski definition) is 1. The van der Waals surface area contributed by atoms with Crippen LogP contribution in [0, 0.1) is 0 Å². The van der Waals surface area contributed by atoms with E-state index in [4.69, 9.17) is 10.5 Å². The van der Waals surface area contributed by atoms with Crippen molar-refractivity contribution >= 4 is 15.9 Å². The molecule has 0 unspecified atom stereocenters. The Kier molecular flexibility index (Phi) is 4.46. The van der Waals surface area contributed by atoms with Crippen LogP contribution >= 0.6 is 15.9 Å². The highest BCUT2D eigenvalue weighted by Crippen LogP contribution is 2.37. The van der Waals surface area contributed by atoms with Gasteiger partial charge in [-0.25, -0.2) is 0 Å². The molecular weight excluding hydrogens is 278 g/mol. The highest BCUT2D eigenvalue weighted by Gasteiger charge is 2.19. The van der Waals surface area contributed by atoms with Gasteiger partial charge in [0, 0.05) is 0 Å². The molecule has 0 saturated carbocycles. The molecular formula is C14H20BrNO. The second kappa shape index (κ2) is 5.87. The van der Waals surface area contributed by atoms with E-state index in [0.29, 0.717) is 0 Å². The van der Waals surface area contributed by atoms with Gasteiger partial charge in [0.2, 0.25) is 0 Å². The molecule has 2 rings (SSSR count). The van der Waals surface area contributed by atoms with Crippen molar-refractivity contribution in [2.45, 2.75) is 38.5 Å². The van der Waals surface area contributed by atoms with Crippen LogP contribution in [0.1, 0.15) is 36.0 Å². The molecule has 0 aromatic heterocycles. The third kappa shape index (κ3) is 2.66. The minimum atomic E-state index is 0.741. The van der Waals surface area contributed by atoms with Crippen molar-refractivity contribution in [3.8, 4) is 5.75 Å². The number of rotatable bonds is 4. The number of benzene rings is 1. The summed E-state index contributed by atoms with van der Waals surface area (Å²) in [5, 5.41) is 0. The van der Waals surface area contributed by atoms with Crippen molar-refractivity contribution in [2.75, 3.05) is 13.7 Å². The maximum Gasteiger partial charge on any atom is 0.136 e. The summed E-state index contributed by atoms with van der Waals surface area (Å²) in [7, 11) is 1.75. The summed E-state index contributed by atoms with van der Waals surface area (Å²) in [5.41, 5.74) is 10.0. The molecule has 0 atom stereocenters. The van der Waals surface area contributed by atoms with Gasteiger partial charge in [0.05, 0.1) is 11.6 Å². The molecule has 0 aliphatic heterocycles. The molecule has 0 amide bonds. The third-order valence-electron chi connectivity index (χ3n) is 3.50. The summed E-state index contributed by atoms with van der Waals surface area (Å²) in [6.45, 7) is 0.741. The van der Waals surface area contributed by atoms with E-state index in [2.05, 4.69) is 22.0 Å². The first-order valence-electron chi connectivity index (χ1n) is 6.35. The molecule has 1 aliphatic carbocycles. The van der Waals surface area contributed by atoms with E-state index >= 15 is 0 Å². The zero-order valence-electron chi connectivity index (χ0n) is 10.4. The quantitative estimate of drug-likeness (QED) is 0.926. The van der Waals surface area contributed by atoms with Gasteiger partial charge in [-0.2, -0.15) is 0 Å². The Labute approximate surface area is 112 Å². The average Bonchev–Trinajstić information content (AvgIpc) is 2.35. The van der Waals surface area contributed by atoms with Crippen molar-refractivity contribution in [1.82, 2.24) is 0 Å². The summed E-state index contributed by atoms with van der Waals surface area (Å²) < 4.78 is 6.64. The first-order valence-corrected chi connectivity index (χ1v) is 7.14. The number of methoxy groups -OCH3 is 1. The molecule has 0 spiro atoms. The summed E-state index contributed by atoms with van der Waals surface area (Å²) in [4.78, 5) is 0. The molecule has 3 heteroatoms. The minimum Gasteiger partial charge on any atom is -0.495 e. The predicted molar refractivity (Wildman–Crippen MR) is 74.7 cm³/mol. The molecule has 17 heavy (non-hydrogen) atoms. The van der Waals surface area contributed by atoms with Gasteiger partial charge < -0.3 is 10.5 Å². The van der Waals surface area contributed by atoms with E-state index in [9.17, 15) is 0 Å². The van der Waals surface area contributed by atoms with E-state index in [1.165, 1.54) is 42.4 Å². The topological polar surface area (TPSA) is 35.2 Å². The zero-order valence-corrected chi connectivity index (χ0v) is 12.0. The fraction of sp³-hybridized carbons (Fsp3) is 0.571. The Bertz CT molecular complexity index is 404. The number of fused-ring (bicyclic) bond motifs is 1. The first-order chi connectivity index (χ1) is 8.27. The van der Waals surface area contributed by atoms with Crippen molar-refractivity contribution < 1.29 is 4.74 Å². The molecule has 0 fully saturated rings. The molecule has 2 nitrogen and oxygen atoms in total. The lowest BCUT2D eigenvalue weighted by atomic mass is 9.86. The highest BCUT2D eigenvalue weighted by atomic mass is 79.9. The minimum absolute atomic E-state index is 0.741. The van der Waals surface area contributed by atoms with Crippen LogP contribution in [0.4, 0.5) is 0 Å². The Morgan fingerprint density at radius 2 is 2.12 bits per heavy atom. The smallest absolute Gasteiger partial charge is 0.136 e. The summed E-state index contributed by atoms with van der Waals surface area (Å²) >= 11 is 3.62. The molecule has 0 heterocycles. The van der Waals surface area contributed by atoms with E-state index in [-0.39, 0.29) is 0 Å². The molecule has 2 N–H and O–H groups in total. The molecule has 1 aromatic rings. The lowest BCUT2D eigenvalue weighted by molar-refractivity contribution is 0.404. The van der Waals surface area contributed by atoms with Crippen molar-refractivity contribution in [3.63, 3.8) is 0 Å². The summed E-state index contributed by atoms with van der Waals surface area (Å²) in [5.74, 6) is 1.01. The summed E-state index contributed by atoms with van der Waals surface area (Å²) in [6.07, 6.45) is 7.06. The van der Waals surface area contributed by atoms with E-state index in [0.717, 1.165) is 29.6 Å². The number of aryl methyl sites for hydroxylation is 1. The van der Waals surface area contributed by atoms with Crippen LogP contribution < -0.4 is 10.5 Å². The lowest BCUT2D eigenvalue weighted by Crippen LogP contribution is -2.10. The maximum atomic E-state index is 5.63. The predicted octanol–water partition coefficient (Wildman–Crippen LogP) is 3.23. The van der Waals surface area contributed by atoms with Crippen molar-refractivity contribution in [2.24, 2.45) is 5.73 Å². The highest BCUT2D eigenvalue weighted by molar-refractivity contribution is 9.10. The Morgan fingerprint density at radius 3 is 2.82 bits per heavy atom. The SMILES string of the molecule is COc1c(Br)cc2c(c1CCCN)CCCC2. The van der Waals surface area contributed by atoms with Gasteiger partial charge in [0.15, 0.2) is 0 Å². The Balaban J connectivity index is 2.45. The molecule has 0 radical (unpaired) electrons. The van der Waals surface area contributed by atoms with Crippen molar-refractivity contribution in [1.29, 1.82) is 0 Å². The van der Waals surface area contributed by atoms with Crippen LogP contribution in [0.15, 0.2) is 10.5 Å². The Hall–Kier alpha value is -0.540. The van der Waals surface area contributed by atoms with Crippen LogP contribution in [0.5, 0.6) is 5.75 Å². The number of nitrogens with two attached hydrogens (primary N) is 1. The van der Waals surface area contributed by atoms with Gasteiger partial charge in [-0.15, -0.1) is 0 Å². The van der Waals surface area contributed by atoms with Crippen LogP contribution in [0.2, 0.25) is 0 Å². The standard InChI is InChI=1S/C14H20BrNO/c1-17-14-12(7-4-8-16)11-6-3-2-5-10(11)9-13(14)15/h9H,2-8,16H2,1H3. The molecule has 0 saturated heterocycles. The van der Waals surface area contributed by atoms with Gasteiger partial charge in [-0.3, -0.25) is 0 Å². The van der Waals surface area contributed by atoms with Crippen LogP contribution in [-0.4, -0.2) is 13.7 Å². The van der Waals surface area contributed by atoms with E-state index in [1.54, 1.807) is 7.11 Å². The van der Waals surface area contributed by atoms with Gasteiger partial charge >= 0.3 is 0 Å². The Morgan fingerprint density at radius 1 is 1.35 bits per heavy atom.